The molecule has 7 nitrogen and oxygen atoms in total. The highest BCUT2D eigenvalue weighted by molar-refractivity contribution is 5.95. The zero-order valence-corrected chi connectivity index (χ0v) is 15.9. The molecule has 0 fully saturated rings. The van der Waals surface area contributed by atoms with Crippen LogP contribution < -0.4 is 20.9 Å². The van der Waals surface area contributed by atoms with Crippen LogP contribution in [0, 0.1) is 5.82 Å². The standard InChI is InChI=1S/C21H22FN3O4/c1-2-29-18-10-8-17(9-11-18)23-19(26)13-14-21(28)25-24-20(27)12-5-15-3-6-16(22)7-4-15/h3-12H,2,13-14H2,1H3,(H,23,26)(H,24,27)(H,25,28). The fourth-order valence-electron chi connectivity index (χ4n) is 2.23. The molecule has 0 aliphatic rings. The van der Waals surface area contributed by atoms with Crippen LogP contribution in [-0.4, -0.2) is 24.3 Å². The van der Waals surface area contributed by atoms with Gasteiger partial charge in [0.05, 0.1) is 6.61 Å². The van der Waals surface area contributed by atoms with Crippen molar-refractivity contribution in [2.75, 3.05) is 11.9 Å². The van der Waals surface area contributed by atoms with Crippen LogP contribution in [0.15, 0.2) is 54.6 Å². The molecule has 0 aromatic heterocycles. The number of amides is 3. The summed E-state index contributed by atoms with van der Waals surface area (Å²) >= 11 is 0. The summed E-state index contributed by atoms with van der Waals surface area (Å²) in [5, 5.41) is 2.67. The molecule has 0 unspecified atom stereocenters. The quantitative estimate of drug-likeness (QED) is 0.470. The van der Waals surface area contributed by atoms with Crippen LogP contribution in [0.5, 0.6) is 5.75 Å². The van der Waals surface area contributed by atoms with Crippen molar-refractivity contribution < 1.29 is 23.5 Å². The van der Waals surface area contributed by atoms with Gasteiger partial charge in [-0.3, -0.25) is 25.2 Å². The van der Waals surface area contributed by atoms with Crippen LogP contribution in [0.1, 0.15) is 25.3 Å². The SMILES string of the molecule is CCOc1ccc(NC(=O)CCC(=O)NNC(=O)C=Cc2ccc(F)cc2)cc1. The molecule has 0 saturated carbocycles. The van der Waals surface area contributed by atoms with Gasteiger partial charge in [0.1, 0.15) is 11.6 Å². The van der Waals surface area contributed by atoms with Gasteiger partial charge in [0, 0.05) is 24.6 Å². The Morgan fingerprint density at radius 1 is 0.931 bits per heavy atom. The first-order valence-electron chi connectivity index (χ1n) is 9.01. The van der Waals surface area contributed by atoms with Crippen molar-refractivity contribution in [2.24, 2.45) is 0 Å². The van der Waals surface area contributed by atoms with E-state index in [1.165, 1.54) is 36.4 Å². The van der Waals surface area contributed by atoms with Gasteiger partial charge in [-0.15, -0.1) is 0 Å². The second-order valence-electron chi connectivity index (χ2n) is 5.93. The van der Waals surface area contributed by atoms with Gasteiger partial charge < -0.3 is 10.1 Å². The number of halogens is 1. The number of hydrogen-bond donors (Lipinski definition) is 3. The molecule has 2 aromatic carbocycles. The maximum absolute atomic E-state index is 12.8. The maximum Gasteiger partial charge on any atom is 0.262 e. The molecular weight excluding hydrogens is 377 g/mol. The lowest BCUT2D eigenvalue weighted by molar-refractivity contribution is -0.128. The highest BCUT2D eigenvalue weighted by atomic mass is 19.1. The van der Waals surface area contributed by atoms with Gasteiger partial charge in [-0.25, -0.2) is 4.39 Å². The fraction of sp³-hybridized carbons (Fsp3) is 0.190. The molecular formula is C21H22FN3O4. The fourth-order valence-corrected chi connectivity index (χ4v) is 2.23. The lowest BCUT2D eigenvalue weighted by Crippen LogP contribution is -2.41. The average Bonchev–Trinajstić information content (AvgIpc) is 2.72. The second kappa shape index (κ2) is 11.2. The van der Waals surface area contributed by atoms with Crippen molar-refractivity contribution in [3.8, 4) is 5.75 Å². The van der Waals surface area contributed by atoms with Gasteiger partial charge >= 0.3 is 0 Å². The first-order valence-corrected chi connectivity index (χ1v) is 9.01. The summed E-state index contributed by atoms with van der Waals surface area (Å²) in [6.45, 7) is 2.43. The number of benzene rings is 2. The summed E-state index contributed by atoms with van der Waals surface area (Å²) in [6, 6.07) is 12.5. The molecule has 0 saturated heterocycles. The minimum atomic E-state index is -0.554. The normalized spacial score (nSPS) is 10.4. The minimum absolute atomic E-state index is 0.0413. The Bertz CT molecular complexity index is 864. The van der Waals surface area contributed by atoms with Gasteiger partial charge in [0.15, 0.2) is 0 Å². The molecule has 3 amide bonds. The molecule has 152 valence electrons. The Hall–Kier alpha value is -3.68. The highest BCUT2D eigenvalue weighted by Crippen LogP contribution is 2.15. The van der Waals surface area contributed by atoms with E-state index in [2.05, 4.69) is 16.2 Å². The minimum Gasteiger partial charge on any atom is -0.494 e. The second-order valence-corrected chi connectivity index (χ2v) is 5.93. The third-order valence-corrected chi connectivity index (χ3v) is 3.65. The summed E-state index contributed by atoms with van der Waals surface area (Å²) in [5.41, 5.74) is 5.67. The molecule has 2 rings (SSSR count). The predicted molar refractivity (Wildman–Crippen MR) is 107 cm³/mol. The molecule has 0 aliphatic heterocycles. The van der Waals surface area contributed by atoms with Crippen LogP contribution >= 0.6 is 0 Å². The average molecular weight is 399 g/mol. The van der Waals surface area contributed by atoms with Crippen LogP contribution in [0.4, 0.5) is 10.1 Å². The number of hydrogen-bond acceptors (Lipinski definition) is 4. The third kappa shape index (κ3) is 8.25. The largest absolute Gasteiger partial charge is 0.494 e. The molecule has 0 radical (unpaired) electrons. The van der Waals surface area contributed by atoms with Crippen LogP contribution in [0.3, 0.4) is 0 Å². The molecule has 0 spiro atoms. The van der Waals surface area contributed by atoms with Crippen LogP contribution in [0.25, 0.3) is 6.08 Å². The summed E-state index contributed by atoms with van der Waals surface area (Å²) in [5.74, 6) is -1.05. The Kier molecular flexibility index (Phi) is 8.37. The first kappa shape index (κ1) is 21.6. The topological polar surface area (TPSA) is 96.5 Å². The molecule has 0 bridgehead atoms. The van der Waals surface area contributed by atoms with Gasteiger partial charge in [-0.2, -0.15) is 0 Å². The third-order valence-electron chi connectivity index (χ3n) is 3.65. The highest BCUT2D eigenvalue weighted by Gasteiger charge is 2.08. The number of anilines is 1. The van der Waals surface area contributed by atoms with E-state index in [-0.39, 0.29) is 24.6 Å². The van der Waals surface area contributed by atoms with E-state index in [9.17, 15) is 18.8 Å². The number of rotatable bonds is 8. The molecule has 29 heavy (non-hydrogen) atoms. The molecule has 2 aromatic rings. The van der Waals surface area contributed by atoms with E-state index in [1.807, 2.05) is 6.92 Å². The Balaban J connectivity index is 1.67. The monoisotopic (exact) mass is 399 g/mol. The van der Waals surface area contributed by atoms with Crippen molar-refractivity contribution >= 4 is 29.5 Å². The van der Waals surface area contributed by atoms with Gasteiger partial charge in [0.25, 0.3) is 5.91 Å². The summed E-state index contributed by atoms with van der Waals surface area (Å²) < 4.78 is 18.1. The zero-order valence-electron chi connectivity index (χ0n) is 15.9. The lowest BCUT2D eigenvalue weighted by atomic mass is 10.2. The number of carbonyl (C=O) groups is 3. The maximum atomic E-state index is 12.8. The predicted octanol–water partition coefficient (Wildman–Crippen LogP) is 2.80. The van der Waals surface area contributed by atoms with Crippen molar-refractivity contribution in [3.05, 3.63) is 66.0 Å². The van der Waals surface area contributed by atoms with Gasteiger partial charge in [0.2, 0.25) is 11.8 Å². The number of ether oxygens (including phenoxy) is 1. The summed E-state index contributed by atoms with van der Waals surface area (Å²) in [4.78, 5) is 35.3. The number of hydrazine groups is 1. The van der Waals surface area contributed by atoms with E-state index >= 15 is 0 Å². The summed E-state index contributed by atoms with van der Waals surface area (Å²) in [7, 11) is 0. The van der Waals surface area contributed by atoms with Crippen molar-refractivity contribution in [3.63, 3.8) is 0 Å². The van der Waals surface area contributed by atoms with Crippen molar-refractivity contribution in [2.45, 2.75) is 19.8 Å². The number of nitrogens with one attached hydrogen (secondary N) is 3. The Morgan fingerprint density at radius 3 is 2.24 bits per heavy atom. The first-order chi connectivity index (χ1) is 14.0. The van der Waals surface area contributed by atoms with Crippen molar-refractivity contribution in [1.29, 1.82) is 0 Å². The van der Waals surface area contributed by atoms with Crippen LogP contribution in [-0.2, 0) is 14.4 Å². The smallest absolute Gasteiger partial charge is 0.262 e. The van der Waals surface area contributed by atoms with Crippen LogP contribution in [0.2, 0.25) is 0 Å². The molecule has 0 heterocycles. The molecule has 0 atom stereocenters. The molecule has 0 aliphatic carbocycles. The van der Waals surface area contributed by atoms with E-state index in [0.29, 0.717) is 23.6 Å². The Labute approximate surface area is 167 Å². The van der Waals surface area contributed by atoms with E-state index in [1.54, 1.807) is 24.3 Å². The van der Waals surface area contributed by atoms with Gasteiger partial charge in [-0.1, -0.05) is 12.1 Å². The molecule has 8 heteroatoms. The zero-order chi connectivity index (χ0) is 21.1. The van der Waals surface area contributed by atoms with Crippen molar-refractivity contribution in [1.82, 2.24) is 10.9 Å². The number of carbonyl (C=O) groups excluding carboxylic acids is 3. The van der Waals surface area contributed by atoms with E-state index in [0.717, 1.165) is 0 Å². The lowest BCUT2D eigenvalue weighted by Gasteiger charge is -2.08. The van der Waals surface area contributed by atoms with E-state index in [4.69, 9.17) is 4.74 Å². The van der Waals surface area contributed by atoms with E-state index < -0.39 is 11.8 Å². The summed E-state index contributed by atoms with van der Waals surface area (Å²) in [6.07, 6.45) is 2.54. The van der Waals surface area contributed by atoms with Gasteiger partial charge in [-0.05, 0) is 55.0 Å². The molecule has 3 N–H and O–H groups in total. The Morgan fingerprint density at radius 2 is 1.59 bits per heavy atom.